The van der Waals surface area contributed by atoms with Gasteiger partial charge in [-0.1, -0.05) is 54.1 Å². The summed E-state index contributed by atoms with van der Waals surface area (Å²) >= 11 is 6.23. The average Bonchev–Trinajstić information content (AvgIpc) is 2.39. The third-order valence-electron chi connectivity index (χ3n) is 3.23. The summed E-state index contributed by atoms with van der Waals surface area (Å²) in [6, 6.07) is 17.2. The molecular weight excluding hydrogens is 254 g/mol. The number of nitrogens with one attached hydrogen (secondary N) is 1. The lowest BCUT2D eigenvalue weighted by Gasteiger charge is -2.15. The molecule has 0 aliphatic carbocycles. The van der Waals surface area contributed by atoms with Crippen molar-refractivity contribution in [2.24, 2.45) is 0 Å². The molecule has 0 spiro atoms. The highest BCUT2D eigenvalue weighted by atomic mass is 35.5. The highest BCUT2D eigenvalue weighted by Gasteiger charge is 2.05. The maximum Gasteiger partial charge on any atom is 0.0453 e. The summed E-state index contributed by atoms with van der Waals surface area (Å²) in [5.74, 6) is 0. The van der Waals surface area contributed by atoms with Gasteiger partial charge in [0.1, 0.15) is 0 Å². The predicted molar refractivity (Wildman–Crippen MR) is 82.6 cm³/mol. The summed E-state index contributed by atoms with van der Waals surface area (Å²) in [5, 5.41) is 4.37. The summed E-state index contributed by atoms with van der Waals surface area (Å²) in [5.41, 5.74) is 3.72. The maximum atomic E-state index is 6.23. The predicted octanol–water partition coefficient (Wildman–Crippen LogP) is 4.37. The van der Waals surface area contributed by atoms with Crippen LogP contribution in [0.4, 0.5) is 0 Å². The summed E-state index contributed by atoms with van der Waals surface area (Å²) in [7, 11) is 0. The standard InChI is InChI=1S/C17H20ClN/c1-13-8-9-16(17(18)10-13)12-19-14(2)11-15-6-4-3-5-7-15/h3-10,14,19H,11-12H2,1-2H3. The molecule has 0 fully saturated rings. The Labute approximate surface area is 120 Å². The van der Waals surface area contributed by atoms with Gasteiger partial charge in [0.15, 0.2) is 0 Å². The highest BCUT2D eigenvalue weighted by molar-refractivity contribution is 6.31. The van der Waals surface area contributed by atoms with Gasteiger partial charge in [0.2, 0.25) is 0 Å². The Balaban J connectivity index is 1.88. The van der Waals surface area contributed by atoms with E-state index in [4.69, 9.17) is 11.6 Å². The van der Waals surface area contributed by atoms with E-state index in [0.29, 0.717) is 6.04 Å². The Morgan fingerprint density at radius 1 is 1.11 bits per heavy atom. The first-order chi connectivity index (χ1) is 9.15. The molecule has 2 aromatic rings. The van der Waals surface area contributed by atoms with E-state index in [-0.39, 0.29) is 0 Å². The Hall–Kier alpha value is -1.31. The second-order valence-corrected chi connectivity index (χ2v) is 5.47. The smallest absolute Gasteiger partial charge is 0.0453 e. The molecule has 19 heavy (non-hydrogen) atoms. The van der Waals surface area contributed by atoms with Crippen LogP contribution in [0.25, 0.3) is 0 Å². The Morgan fingerprint density at radius 2 is 1.84 bits per heavy atom. The van der Waals surface area contributed by atoms with Crippen LogP contribution in [-0.2, 0) is 13.0 Å². The van der Waals surface area contributed by atoms with Crippen LogP contribution in [0, 0.1) is 6.92 Å². The molecule has 2 rings (SSSR count). The molecule has 0 radical (unpaired) electrons. The number of rotatable bonds is 5. The van der Waals surface area contributed by atoms with Crippen molar-refractivity contribution in [1.29, 1.82) is 0 Å². The summed E-state index contributed by atoms with van der Waals surface area (Å²) < 4.78 is 0. The summed E-state index contributed by atoms with van der Waals surface area (Å²) in [6.45, 7) is 5.07. The molecule has 0 amide bonds. The van der Waals surface area contributed by atoms with Crippen molar-refractivity contribution in [2.75, 3.05) is 0 Å². The molecule has 0 saturated carbocycles. The Bertz CT molecular complexity index is 522. The van der Waals surface area contributed by atoms with Crippen LogP contribution >= 0.6 is 11.6 Å². The minimum atomic E-state index is 0.430. The fourth-order valence-corrected chi connectivity index (χ4v) is 2.42. The second-order valence-electron chi connectivity index (χ2n) is 5.07. The molecule has 2 heteroatoms. The van der Waals surface area contributed by atoms with Crippen molar-refractivity contribution in [3.63, 3.8) is 0 Å². The Morgan fingerprint density at radius 3 is 2.53 bits per heavy atom. The van der Waals surface area contributed by atoms with E-state index in [1.807, 2.05) is 12.1 Å². The van der Waals surface area contributed by atoms with Crippen LogP contribution in [0.2, 0.25) is 5.02 Å². The van der Waals surface area contributed by atoms with Gasteiger partial charge in [-0.3, -0.25) is 0 Å². The van der Waals surface area contributed by atoms with E-state index in [2.05, 4.69) is 55.6 Å². The van der Waals surface area contributed by atoms with Crippen LogP contribution in [0.15, 0.2) is 48.5 Å². The van der Waals surface area contributed by atoms with Crippen molar-refractivity contribution in [3.05, 3.63) is 70.2 Å². The van der Waals surface area contributed by atoms with Gasteiger partial charge in [0.05, 0.1) is 0 Å². The third-order valence-corrected chi connectivity index (χ3v) is 3.59. The van der Waals surface area contributed by atoms with E-state index >= 15 is 0 Å². The SMILES string of the molecule is Cc1ccc(CNC(C)Cc2ccccc2)c(Cl)c1. The van der Waals surface area contributed by atoms with Crippen molar-refractivity contribution in [3.8, 4) is 0 Å². The van der Waals surface area contributed by atoms with Gasteiger partial charge in [-0.25, -0.2) is 0 Å². The first-order valence-electron chi connectivity index (χ1n) is 6.67. The number of aryl methyl sites for hydroxylation is 1. The quantitative estimate of drug-likeness (QED) is 0.853. The van der Waals surface area contributed by atoms with Crippen LogP contribution in [0.1, 0.15) is 23.6 Å². The molecular formula is C17H20ClN. The summed E-state index contributed by atoms with van der Waals surface area (Å²) in [6.07, 6.45) is 1.03. The van der Waals surface area contributed by atoms with E-state index < -0.39 is 0 Å². The van der Waals surface area contributed by atoms with E-state index in [0.717, 1.165) is 23.6 Å². The molecule has 0 aliphatic heterocycles. The minimum absolute atomic E-state index is 0.430. The molecule has 0 bridgehead atoms. The zero-order valence-electron chi connectivity index (χ0n) is 11.5. The van der Waals surface area contributed by atoms with E-state index in [1.54, 1.807) is 0 Å². The molecule has 1 nitrogen and oxygen atoms in total. The van der Waals surface area contributed by atoms with Gasteiger partial charge < -0.3 is 5.32 Å². The number of hydrogen-bond donors (Lipinski definition) is 1. The largest absolute Gasteiger partial charge is 0.310 e. The summed E-state index contributed by atoms with van der Waals surface area (Å²) in [4.78, 5) is 0. The molecule has 1 N–H and O–H groups in total. The van der Waals surface area contributed by atoms with Crippen molar-refractivity contribution < 1.29 is 0 Å². The molecule has 0 aliphatic rings. The van der Waals surface area contributed by atoms with Crippen molar-refractivity contribution in [1.82, 2.24) is 5.32 Å². The van der Waals surface area contributed by atoms with Crippen LogP contribution < -0.4 is 5.32 Å². The zero-order valence-corrected chi connectivity index (χ0v) is 12.2. The van der Waals surface area contributed by atoms with Gasteiger partial charge in [0, 0.05) is 17.6 Å². The van der Waals surface area contributed by atoms with Gasteiger partial charge >= 0.3 is 0 Å². The lowest BCUT2D eigenvalue weighted by molar-refractivity contribution is 0.545. The first kappa shape index (κ1) is 14.1. The van der Waals surface area contributed by atoms with Crippen LogP contribution in [0.5, 0.6) is 0 Å². The number of hydrogen-bond acceptors (Lipinski definition) is 1. The van der Waals surface area contributed by atoms with Crippen LogP contribution in [-0.4, -0.2) is 6.04 Å². The van der Waals surface area contributed by atoms with Gasteiger partial charge in [-0.15, -0.1) is 0 Å². The monoisotopic (exact) mass is 273 g/mol. The fourth-order valence-electron chi connectivity index (χ4n) is 2.12. The third kappa shape index (κ3) is 4.38. The molecule has 0 aromatic heterocycles. The molecule has 0 heterocycles. The molecule has 2 aromatic carbocycles. The van der Waals surface area contributed by atoms with E-state index in [9.17, 15) is 0 Å². The molecule has 1 unspecified atom stereocenters. The minimum Gasteiger partial charge on any atom is -0.310 e. The molecule has 0 saturated heterocycles. The number of benzene rings is 2. The number of halogens is 1. The lowest BCUT2D eigenvalue weighted by Crippen LogP contribution is -2.27. The van der Waals surface area contributed by atoms with Gasteiger partial charge in [0.25, 0.3) is 0 Å². The highest BCUT2D eigenvalue weighted by Crippen LogP contribution is 2.17. The fraction of sp³-hybridized carbons (Fsp3) is 0.294. The molecule has 100 valence electrons. The van der Waals surface area contributed by atoms with Gasteiger partial charge in [-0.2, -0.15) is 0 Å². The maximum absolute atomic E-state index is 6.23. The topological polar surface area (TPSA) is 12.0 Å². The van der Waals surface area contributed by atoms with Crippen molar-refractivity contribution >= 4 is 11.6 Å². The Kier molecular flexibility index (Phi) is 5.00. The van der Waals surface area contributed by atoms with Crippen molar-refractivity contribution in [2.45, 2.75) is 32.9 Å². The zero-order chi connectivity index (χ0) is 13.7. The normalized spacial score (nSPS) is 12.4. The van der Waals surface area contributed by atoms with Crippen LogP contribution in [0.3, 0.4) is 0 Å². The van der Waals surface area contributed by atoms with E-state index in [1.165, 1.54) is 11.1 Å². The average molecular weight is 274 g/mol. The lowest BCUT2D eigenvalue weighted by atomic mass is 10.1. The van der Waals surface area contributed by atoms with Gasteiger partial charge in [-0.05, 0) is 43.0 Å². The molecule has 1 atom stereocenters. The first-order valence-corrected chi connectivity index (χ1v) is 7.05. The second kappa shape index (κ2) is 6.74.